The first-order valence-electron chi connectivity index (χ1n) is 15.7. The summed E-state index contributed by atoms with van der Waals surface area (Å²) in [6, 6.07) is 12.9. The Hall–Kier alpha value is -5.00. The highest BCUT2D eigenvalue weighted by Gasteiger charge is 2.29. The Morgan fingerprint density at radius 2 is 1.72 bits per heavy atom. The van der Waals surface area contributed by atoms with E-state index in [2.05, 4.69) is 34.6 Å². The third-order valence-corrected chi connectivity index (χ3v) is 8.15. The average molecular weight is 628 g/mol. The zero-order valence-corrected chi connectivity index (χ0v) is 26.7. The van der Waals surface area contributed by atoms with Gasteiger partial charge in [-0.25, -0.2) is 14.5 Å². The van der Waals surface area contributed by atoms with Crippen LogP contribution in [0.4, 0.5) is 0 Å². The molecule has 0 unspecified atom stereocenters. The van der Waals surface area contributed by atoms with Crippen LogP contribution in [0.25, 0.3) is 10.9 Å². The second-order valence-corrected chi connectivity index (χ2v) is 12.1. The highest BCUT2D eigenvalue weighted by molar-refractivity contribution is 5.96. The molecule has 12 heteroatoms. The van der Waals surface area contributed by atoms with Gasteiger partial charge in [0.15, 0.2) is 0 Å². The number of esters is 1. The van der Waals surface area contributed by atoms with Crippen LogP contribution in [0.1, 0.15) is 77.1 Å². The SMILES string of the molecule is COC(=O)c1ccc(C(=O)N2CCCC(=O)N[C@H](Cc3c[nH]c4ccccc34)C(=O)N[C@@H](CC(C)C)c3nc(C)nn3CC2)cc1. The minimum Gasteiger partial charge on any atom is -0.465 e. The summed E-state index contributed by atoms with van der Waals surface area (Å²) in [6.07, 6.45) is 3.30. The molecule has 2 atom stereocenters. The maximum absolute atomic E-state index is 13.9. The number of ether oxygens (including phenoxy) is 1. The zero-order chi connectivity index (χ0) is 32.8. The number of para-hydroxylation sites is 1. The summed E-state index contributed by atoms with van der Waals surface area (Å²) in [5, 5.41) is 11.8. The van der Waals surface area contributed by atoms with E-state index in [1.165, 1.54) is 7.11 Å². The summed E-state index contributed by atoms with van der Waals surface area (Å²) in [5.41, 5.74) is 2.64. The number of amides is 3. The van der Waals surface area contributed by atoms with Crippen LogP contribution in [0.2, 0.25) is 0 Å². The van der Waals surface area contributed by atoms with E-state index in [9.17, 15) is 19.2 Å². The normalized spacial score (nSPS) is 18.1. The van der Waals surface area contributed by atoms with Gasteiger partial charge < -0.3 is 25.3 Å². The molecule has 3 amide bonds. The summed E-state index contributed by atoms with van der Waals surface area (Å²) >= 11 is 0. The average Bonchev–Trinajstić information content (AvgIpc) is 3.63. The van der Waals surface area contributed by atoms with Crippen molar-refractivity contribution in [2.45, 2.75) is 65.1 Å². The van der Waals surface area contributed by atoms with Crippen molar-refractivity contribution in [3.63, 3.8) is 0 Å². The Balaban J connectivity index is 1.45. The number of aryl methyl sites for hydroxylation is 1. The van der Waals surface area contributed by atoms with E-state index in [-0.39, 0.29) is 30.1 Å². The van der Waals surface area contributed by atoms with Gasteiger partial charge in [-0.3, -0.25) is 14.4 Å². The lowest BCUT2D eigenvalue weighted by molar-refractivity contribution is -0.129. The van der Waals surface area contributed by atoms with Crippen LogP contribution in [0.3, 0.4) is 0 Å². The fourth-order valence-corrected chi connectivity index (χ4v) is 5.87. The lowest BCUT2D eigenvalue weighted by Crippen LogP contribution is -2.49. The second-order valence-electron chi connectivity index (χ2n) is 12.1. The van der Waals surface area contributed by atoms with E-state index < -0.39 is 18.1 Å². The number of rotatable bonds is 6. The molecule has 1 aliphatic heterocycles. The van der Waals surface area contributed by atoms with Crippen LogP contribution in [0, 0.1) is 12.8 Å². The molecule has 0 bridgehead atoms. The van der Waals surface area contributed by atoms with E-state index in [1.807, 2.05) is 30.5 Å². The number of methoxy groups -OCH3 is 1. The Kier molecular flexibility index (Phi) is 10.1. The molecule has 3 heterocycles. The van der Waals surface area contributed by atoms with Crippen molar-refractivity contribution < 1.29 is 23.9 Å². The molecule has 0 fully saturated rings. The van der Waals surface area contributed by atoms with Gasteiger partial charge in [0.05, 0.1) is 25.3 Å². The summed E-state index contributed by atoms with van der Waals surface area (Å²) < 4.78 is 6.54. The maximum atomic E-state index is 13.9. The molecule has 4 aromatic rings. The van der Waals surface area contributed by atoms with Crippen molar-refractivity contribution in [1.29, 1.82) is 0 Å². The molecule has 5 rings (SSSR count). The van der Waals surface area contributed by atoms with Crippen molar-refractivity contribution in [2.75, 3.05) is 20.2 Å². The minimum absolute atomic E-state index is 0.131. The second kappa shape index (κ2) is 14.4. The van der Waals surface area contributed by atoms with Crippen LogP contribution in [0.15, 0.2) is 54.7 Å². The first-order valence-corrected chi connectivity index (χ1v) is 15.7. The van der Waals surface area contributed by atoms with Crippen LogP contribution < -0.4 is 10.6 Å². The fraction of sp³-hybridized carbons (Fsp3) is 0.412. The van der Waals surface area contributed by atoms with Crippen LogP contribution in [-0.4, -0.2) is 74.6 Å². The quantitative estimate of drug-likeness (QED) is 0.276. The van der Waals surface area contributed by atoms with E-state index in [1.54, 1.807) is 40.8 Å². The van der Waals surface area contributed by atoms with E-state index in [4.69, 9.17) is 9.72 Å². The number of aromatic amines is 1. The summed E-state index contributed by atoms with van der Waals surface area (Å²) in [4.78, 5) is 62.4. The smallest absolute Gasteiger partial charge is 0.337 e. The van der Waals surface area contributed by atoms with Crippen molar-refractivity contribution in [1.82, 2.24) is 35.3 Å². The highest BCUT2D eigenvalue weighted by atomic mass is 16.5. The maximum Gasteiger partial charge on any atom is 0.337 e. The standard InChI is InChI=1S/C34H41N7O5/c1-21(2)18-28-31-36-22(3)39-41(31)17-16-40(33(44)23-11-13-24(14-12-23)34(45)46-4)15-7-10-30(42)37-29(32(43)38-28)19-25-20-35-27-9-6-5-8-26(25)27/h5-6,8-9,11-14,20-21,28-29,35H,7,10,15-19H2,1-4H3,(H,37,42)(H,38,43)/t28-,29+/m0/s1. The number of aromatic nitrogens is 4. The predicted molar refractivity (Wildman–Crippen MR) is 172 cm³/mol. The molecule has 1 aliphatic rings. The molecule has 2 aromatic carbocycles. The largest absolute Gasteiger partial charge is 0.465 e. The van der Waals surface area contributed by atoms with Gasteiger partial charge >= 0.3 is 5.97 Å². The number of fused-ring (bicyclic) bond motifs is 2. The van der Waals surface area contributed by atoms with Gasteiger partial charge in [0, 0.05) is 48.6 Å². The first kappa shape index (κ1) is 32.4. The molecule has 0 saturated heterocycles. The first-order chi connectivity index (χ1) is 22.1. The molecule has 2 aromatic heterocycles. The number of carbonyl (C=O) groups excluding carboxylic acids is 4. The molecule has 3 N–H and O–H groups in total. The number of hydrogen-bond acceptors (Lipinski definition) is 7. The molecule has 46 heavy (non-hydrogen) atoms. The topological polar surface area (TPSA) is 151 Å². The molecular formula is C34H41N7O5. The lowest BCUT2D eigenvalue weighted by atomic mass is 10.0. The Labute approximate surface area is 267 Å². The van der Waals surface area contributed by atoms with E-state index in [0.29, 0.717) is 61.7 Å². The lowest BCUT2D eigenvalue weighted by Gasteiger charge is -2.27. The van der Waals surface area contributed by atoms with Gasteiger partial charge in [-0.1, -0.05) is 32.0 Å². The number of nitrogens with zero attached hydrogens (tertiary/aromatic N) is 4. The van der Waals surface area contributed by atoms with Gasteiger partial charge in [0.1, 0.15) is 17.7 Å². The summed E-state index contributed by atoms with van der Waals surface area (Å²) in [7, 11) is 1.31. The molecule has 12 nitrogen and oxygen atoms in total. The van der Waals surface area contributed by atoms with Crippen molar-refractivity contribution in [3.8, 4) is 0 Å². The summed E-state index contributed by atoms with van der Waals surface area (Å²) in [5.74, 6) is 0.107. The molecular weight excluding hydrogens is 586 g/mol. The van der Waals surface area contributed by atoms with Gasteiger partial charge in [-0.2, -0.15) is 5.10 Å². The van der Waals surface area contributed by atoms with Crippen LogP contribution in [0.5, 0.6) is 0 Å². The number of H-pyrrole nitrogens is 1. The fourth-order valence-electron chi connectivity index (χ4n) is 5.87. The predicted octanol–water partition coefficient (Wildman–Crippen LogP) is 3.72. The molecule has 0 spiro atoms. The minimum atomic E-state index is -0.826. The van der Waals surface area contributed by atoms with E-state index >= 15 is 0 Å². The molecule has 0 aliphatic carbocycles. The van der Waals surface area contributed by atoms with Crippen LogP contribution in [-0.2, 0) is 27.3 Å². The third-order valence-electron chi connectivity index (χ3n) is 8.15. The Bertz CT molecular complexity index is 1710. The van der Waals surface area contributed by atoms with Crippen molar-refractivity contribution in [2.24, 2.45) is 5.92 Å². The number of nitrogens with one attached hydrogen (secondary N) is 3. The van der Waals surface area contributed by atoms with Crippen molar-refractivity contribution in [3.05, 3.63) is 83.1 Å². The van der Waals surface area contributed by atoms with Gasteiger partial charge in [0.2, 0.25) is 11.8 Å². The Morgan fingerprint density at radius 1 is 0.978 bits per heavy atom. The van der Waals surface area contributed by atoms with Gasteiger partial charge in [0.25, 0.3) is 5.91 Å². The third kappa shape index (κ3) is 7.61. The number of hydrogen-bond donors (Lipinski definition) is 3. The molecule has 0 radical (unpaired) electrons. The summed E-state index contributed by atoms with van der Waals surface area (Å²) in [6.45, 7) is 6.90. The van der Waals surface area contributed by atoms with E-state index in [0.717, 1.165) is 16.5 Å². The molecule has 0 saturated carbocycles. The Morgan fingerprint density at radius 3 is 2.46 bits per heavy atom. The number of benzene rings is 2. The molecule has 242 valence electrons. The monoisotopic (exact) mass is 627 g/mol. The van der Waals surface area contributed by atoms with Crippen LogP contribution >= 0.6 is 0 Å². The van der Waals surface area contributed by atoms with Gasteiger partial charge in [-0.15, -0.1) is 0 Å². The zero-order valence-electron chi connectivity index (χ0n) is 26.7. The number of carbonyl (C=O) groups is 4. The van der Waals surface area contributed by atoms with Crippen molar-refractivity contribution >= 4 is 34.6 Å². The highest BCUT2D eigenvalue weighted by Crippen LogP contribution is 2.23. The van der Waals surface area contributed by atoms with Gasteiger partial charge in [-0.05, 0) is 61.6 Å².